The third kappa shape index (κ3) is 4.79. The lowest BCUT2D eigenvalue weighted by molar-refractivity contribution is -0.122. The highest BCUT2D eigenvalue weighted by atomic mass is 32.1. The molecule has 6 nitrogen and oxygen atoms in total. The number of nitrogens with one attached hydrogen (secondary N) is 1. The Balaban J connectivity index is 1.36. The fourth-order valence-electron chi connectivity index (χ4n) is 2.76. The number of amides is 1. The summed E-state index contributed by atoms with van der Waals surface area (Å²) in [4.78, 5) is 16.8. The Morgan fingerprint density at radius 1 is 1.13 bits per heavy atom. The second-order valence-corrected chi connectivity index (χ2v) is 7.60. The number of ether oxygens (including phenoxy) is 2. The van der Waals surface area contributed by atoms with E-state index >= 15 is 0 Å². The maximum Gasteiger partial charge on any atom is 0.266 e. The van der Waals surface area contributed by atoms with Crippen molar-refractivity contribution < 1.29 is 18.7 Å². The minimum atomic E-state index is -0.755. The molecule has 0 aliphatic heterocycles. The lowest BCUT2D eigenvalue weighted by atomic mass is 10.2. The van der Waals surface area contributed by atoms with E-state index in [0.717, 1.165) is 16.3 Å². The van der Waals surface area contributed by atoms with Crippen molar-refractivity contribution in [1.82, 2.24) is 4.98 Å². The Morgan fingerprint density at radius 2 is 1.87 bits per heavy atom. The van der Waals surface area contributed by atoms with Crippen LogP contribution in [0.5, 0.6) is 17.2 Å². The van der Waals surface area contributed by atoms with Crippen molar-refractivity contribution in [3.05, 3.63) is 78.1 Å². The summed E-state index contributed by atoms with van der Waals surface area (Å²) in [5.41, 5.74) is 1.04. The van der Waals surface area contributed by atoms with Gasteiger partial charge in [-0.15, -0.1) is 0 Å². The predicted octanol–water partition coefficient (Wildman–Crippen LogP) is 5.51. The SMILES string of the molecule is CC(Oc1ccc(Oc2ccc(C#N)cc2F)cc1)C(=O)Nc1nc2ccccc2s1. The molecule has 0 bridgehead atoms. The number of anilines is 1. The van der Waals surface area contributed by atoms with Crippen molar-refractivity contribution in [2.45, 2.75) is 13.0 Å². The summed E-state index contributed by atoms with van der Waals surface area (Å²) in [6.07, 6.45) is -0.755. The van der Waals surface area contributed by atoms with E-state index in [9.17, 15) is 9.18 Å². The molecule has 1 N–H and O–H groups in total. The molecule has 31 heavy (non-hydrogen) atoms. The van der Waals surface area contributed by atoms with Gasteiger partial charge in [-0.3, -0.25) is 10.1 Å². The van der Waals surface area contributed by atoms with Gasteiger partial charge in [0.25, 0.3) is 5.91 Å². The van der Waals surface area contributed by atoms with Gasteiger partial charge in [-0.05, 0) is 61.5 Å². The summed E-state index contributed by atoms with van der Waals surface area (Å²) in [6, 6.07) is 19.9. The van der Waals surface area contributed by atoms with Crippen LogP contribution in [-0.2, 0) is 4.79 Å². The zero-order chi connectivity index (χ0) is 21.8. The minimum absolute atomic E-state index is 0.0104. The maximum atomic E-state index is 14.0. The van der Waals surface area contributed by atoms with Crippen LogP contribution in [-0.4, -0.2) is 17.0 Å². The second kappa shape index (κ2) is 8.81. The number of benzene rings is 3. The van der Waals surface area contributed by atoms with Crippen LogP contribution in [0.15, 0.2) is 66.7 Å². The van der Waals surface area contributed by atoms with E-state index in [1.165, 1.54) is 23.5 Å². The van der Waals surface area contributed by atoms with E-state index in [2.05, 4.69) is 10.3 Å². The lowest BCUT2D eigenvalue weighted by Gasteiger charge is -2.14. The highest BCUT2D eigenvalue weighted by molar-refractivity contribution is 7.22. The summed E-state index contributed by atoms with van der Waals surface area (Å²) >= 11 is 1.39. The molecular formula is C23H16FN3O3S. The highest BCUT2D eigenvalue weighted by Gasteiger charge is 2.17. The fourth-order valence-corrected chi connectivity index (χ4v) is 3.63. The molecular weight excluding hydrogens is 417 g/mol. The molecule has 1 unspecified atom stereocenters. The van der Waals surface area contributed by atoms with E-state index < -0.39 is 11.9 Å². The first-order chi connectivity index (χ1) is 15.0. The van der Waals surface area contributed by atoms with Crippen LogP contribution in [0.25, 0.3) is 10.2 Å². The molecule has 154 valence electrons. The van der Waals surface area contributed by atoms with Gasteiger partial charge in [0.1, 0.15) is 11.5 Å². The molecule has 1 atom stereocenters. The molecule has 0 fully saturated rings. The summed E-state index contributed by atoms with van der Waals surface area (Å²) in [5, 5.41) is 12.1. The van der Waals surface area contributed by atoms with E-state index in [-0.39, 0.29) is 17.2 Å². The van der Waals surface area contributed by atoms with E-state index in [4.69, 9.17) is 14.7 Å². The molecule has 4 aromatic rings. The first-order valence-electron chi connectivity index (χ1n) is 9.32. The van der Waals surface area contributed by atoms with Crippen LogP contribution in [0.4, 0.5) is 9.52 Å². The number of thiazole rings is 1. The summed E-state index contributed by atoms with van der Waals surface area (Å²) in [7, 11) is 0. The second-order valence-electron chi connectivity index (χ2n) is 6.57. The van der Waals surface area contributed by atoms with Crippen LogP contribution in [0, 0.1) is 17.1 Å². The Labute approximate surface area is 181 Å². The van der Waals surface area contributed by atoms with Crippen LogP contribution >= 0.6 is 11.3 Å². The Hall–Kier alpha value is -3.96. The number of hydrogen-bond donors (Lipinski definition) is 1. The molecule has 0 saturated heterocycles. The van der Waals surface area contributed by atoms with Crippen molar-refractivity contribution in [2.24, 2.45) is 0 Å². The zero-order valence-electron chi connectivity index (χ0n) is 16.3. The molecule has 1 heterocycles. The molecule has 0 aliphatic carbocycles. The number of para-hydroxylation sites is 1. The Kier molecular flexibility index (Phi) is 5.78. The van der Waals surface area contributed by atoms with Gasteiger partial charge >= 0.3 is 0 Å². The third-order valence-corrected chi connectivity index (χ3v) is 5.27. The average Bonchev–Trinajstić information content (AvgIpc) is 3.18. The highest BCUT2D eigenvalue weighted by Crippen LogP contribution is 2.28. The minimum Gasteiger partial charge on any atom is -0.481 e. The molecule has 0 saturated carbocycles. The Bertz CT molecular complexity index is 1250. The fraction of sp³-hybridized carbons (Fsp3) is 0.0870. The van der Waals surface area contributed by atoms with Crippen LogP contribution in [0.2, 0.25) is 0 Å². The normalized spacial score (nSPS) is 11.5. The van der Waals surface area contributed by atoms with Gasteiger partial charge in [0.2, 0.25) is 0 Å². The van der Waals surface area contributed by atoms with Crippen molar-refractivity contribution >= 4 is 32.6 Å². The molecule has 1 aromatic heterocycles. The number of rotatable bonds is 6. The number of fused-ring (bicyclic) bond motifs is 1. The molecule has 1 amide bonds. The van der Waals surface area contributed by atoms with Crippen molar-refractivity contribution in [3.63, 3.8) is 0 Å². The van der Waals surface area contributed by atoms with Crippen molar-refractivity contribution in [1.29, 1.82) is 5.26 Å². The number of carbonyl (C=O) groups excluding carboxylic acids is 1. The summed E-state index contributed by atoms with van der Waals surface area (Å²) in [6.45, 7) is 1.64. The average molecular weight is 433 g/mol. The first kappa shape index (κ1) is 20.3. The van der Waals surface area contributed by atoms with Crippen molar-refractivity contribution in [2.75, 3.05) is 5.32 Å². The first-order valence-corrected chi connectivity index (χ1v) is 10.1. The number of hydrogen-bond acceptors (Lipinski definition) is 6. The number of nitrogens with zero attached hydrogens (tertiary/aromatic N) is 2. The molecule has 0 aliphatic rings. The largest absolute Gasteiger partial charge is 0.481 e. The van der Waals surface area contributed by atoms with E-state index in [1.54, 1.807) is 31.2 Å². The molecule has 3 aromatic carbocycles. The Morgan fingerprint density at radius 3 is 2.58 bits per heavy atom. The van der Waals surface area contributed by atoms with E-state index in [1.807, 2.05) is 30.3 Å². The van der Waals surface area contributed by atoms with Gasteiger partial charge in [-0.1, -0.05) is 23.5 Å². The van der Waals surface area contributed by atoms with E-state index in [0.29, 0.717) is 16.6 Å². The summed E-state index contributed by atoms with van der Waals surface area (Å²) in [5.74, 6) is -0.0862. The molecule has 0 spiro atoms. The standard InChI is InChI=1S/C23H16FN3O3S/c1-14(22(28)27-23-26-19-4-2-3-5-21(19)31-23)29-16-7-9-17(10-8-16)30-20-11-6-15(13-25)12-18(20)24/h2-12,14H,1H3,(H,26,27,28). The van der Waals surface area contributed by atoms with Crippen LogP contribution < -0.4 is 14.8 Å². The van der Waals surface area contributed by atoms with Gasteiger partial charge < -0.3 is 9.47 Å². The number of halogens is 1. The number of nitriles is 1. The van der Waals surface area contributed by atoms with Gasteiger partial charge in [0.15, 0.2) is 22.8 Å². The quantitative estimate of drug-likeness (QED) is 0.434. The zero-order valence-corrected chi connectivity index (χ0v) is 17.2. The third-order valence-electron chi connectivity index (χ3n) is 4.32. The number of aromatic nitrogens is 1. The van der Waals surface area contributed by atoms with Crippen LogP contribution in [0.3, 0.4) is 0 Å². The smallest absolute Gasteiger partial charge is 0.266 e. The predicted molar refractivity (Wildman–Crippen MR) is 116 cm³/mol. The van der Waals surface area contributed by atoms with Gasteiger partial charge in [-0.2, -0.15) is 5.26 Å². The van der Waals surface area contributed by atoms with Crippen LogP contribution in [0.1, 0.15) is 12.5 Å². The van der Waals surface area contributed by atoms with Gasteiger partial charge in [0.05, 0.1) is 21.8 Å². The van der Waals surface area contributed by atoms with Crippen molar-refractivity contribution in [3.8, 4) is 23.3 Å². The monoisotopic (exact) mass is 433 g/mol. The lowest BCUT2D eigenvalue weighted by Crippen LogP contribution is -2.30. The molecule has 0 radical (unpaired) electrons. The topological polar surface area (TPSA) is 84.2 Å². The maximum absolute atomic E-state index is 14.0. The molecule has 8 heteroatoms. The van der Waals surface area contributed by atoms with Gasteiger partial charge in [-0.25, -0.2) is 9.37 Å². The summed E-state index contributed by atoms with van der Waals surface area (Å²) < 4.78 is 26.1. The number of carbonyl (C=O) groups is 1. The van der Waals surface area contributed by atoms with Gasteiger partial charge in [0, 0.05) is 0 Å². The molecule has 4 rings (SSSR count).